The van der Waals surface area contributed by atoms with Gasteiger partial charge in [-0.1, -0.05) is 11.6 Å². The van der Waals surface area contributed by atoms with Crippen LogP contribution in [0, 0.1) is 0 Å². The van der Waals surface area contributed by atoms with E-state index in [1.54, 1.807) is 16.8 Å². The number of hydrogen-bond acceptors (Lipinski definition) is 4. The zero-order valence-corrected chi connectivity index (χ0v) is 8.59. The molecule has 2 aromatic rings. The summed E-state index contributed by atoms with van der Waals surface area (Å²) in [6.45, 7) is 0. The molecule has 0 radical (unpaired) electrons. The Morgan fingerprint density at radius 2 is 2.13 bits per heavy atom. The van der Waals surface area contributed by atoms with Crippen LogP contribution in [0.3, 0.4) is 0 Å². The number of halogens is 1. The van der Waals surface area contributed by atoms with E-state index in [4.69, 9.17) is 11.6 Å². The Kier molecular flexibility index (Phi) is 1.90. The first-order valence-electron chi connectivity index (χ1n) is 4.78. The van der Waals surface area contributed by atoms with Gasteiger partial charge in [0.25, 0.3) is 0 Å². The van der Waals surface area contributed by atoms with E-state index < -0.39 is 0 Å². The second kappa shape index (κ2) is 3.15. The smallest absolute Gasteiger partial charge is 0.180 e. The van der Waals surface area contributed by atoms with Crippen molar-refractivity contribution in [2.24, 2.45) is 0 Å². The fraction of sp³-hybridized carbons (Fsp3) is 0.444. The number of aliphatic hydroxyl groups excluding tert-OH is 1. The van der Waals surface area contributed by atoms with Gasteiger partial charge in [0.1, 0.15) is 11.0 Å². The van der Waals surface area contributed by atoms with Gasteiger partial charge < -0.3 is 5.11 Å². The number of nitrogens with zero attached hydrogens (tertiary/aromatic N) is 4. The molecular weight excluding hydrogens is 216 g/mol. The van der Waals surface area contributed by atoms with Crippen LogP contribution in [0.1, 0.15) is 24.6 Å². The summed E-state index contributed by atoms with van der Waals surface area (Å²) in [5.41, 5.74) is 0.652. The molecule has 1 saturated carbocycles. The molecule has 2 aromatic heterocycles. The van der Waals surface area contributed by atoms with Crippen LogP contribution in [0.15, 0.2) is 12.4 Å². The van der Waals surface area contributed by atoms with Crippen molar-refractivity contribution in [3.63, 3.8) is 0 Å². The van der Waals surface area contributed by atoms with Crippen molar-refractivity contribution in [1.29, 1.82) is 0 Å². The molecule has 0 amide bonds. The molecule has 15 heavy (non-hydrogen) atoms. The van der Waals surface area contributed by atoms with Gasteiger partial charge in [0.05, 0.1) is 18.5 Å². The Morgan fingerprint density at radius 1 is 1.33 bits per heavy atom. The zero-order chi connectivity index (χ0) is 10.4. The van der Waals surface area contributed by atoms with E-state index >= 15 is 0 Å². The van der Waals surface area contributed by atoms with Gasteiger partial charge in [-0.15, -0.1) is 10.2 Å². The van der Waals surface area contributed by atoms with Crippen LogP contribution in [0.25, 0.3) is 5.65 Å². The number of aromatic nitrogens is 4. The van der Waals surface area contributed by atoms with Gasteiger partial charge >= 0.3 is 0 Å². The van der Waals surface area contributed by atoms with Gasteiger partial charge in [0.15, 0.2) is 5.65 Å². The lowest BCUT2D eigenvalue weighted by molar-refractivity contribution is 0.0713. The monoisotopic (exact) mass is 224 g/mol. The molecule has 0 atom stereocenters. The summed E-state index contributed by atoms with van der Waals surface area (Å²) in [4.78, 5) is 3.94. The maximum absolute atomic E-state index is 9.26. The molecule has 1 fully saturated rings. The van der Waals surface area contributed by atoms with Crippen LogP contribution in [0.4, 0.5) is 0 Å². The zero-order valence-electron chi connectivity index (χ0n) is 7.84. The average Bonchev–Trinajstić information content (AvgIpc) is 2.58. The predicted molar refractivity (Wildman–Crippen MR) is 53.8 cm³/mol. The Balaban J connectivity index is 2.11. The highest BCUT2D eigenvalue weighted by atomic mass is 35.5. The highest BCUT2D eigenvalue weighted by Crippen LogP contribution is 2.36. The SMILES string of the molecule is OC1CC(c2nnc3cncc(Cl)n23)C1. The maximum Gasteiger partial charge on any atom is 0.180 e. The van der Waals surface area contributed by atoms with Gasteiger partial charge in [-0.2, -0.15) is 0 Å². The molecule has 3 rings (SSSR count). The second-order valence-electron chi connectivity index (χ2n) is 3.80. The number of fused-ring (bicyclic) bond motifs is 1. The Hall–Kier alpha value is -1.20. The first-order valence-corrected chi connectivity index (χ1v) is 5.16. The summed E-state index contributed by atoms with van der Waals surface area (Å²) >= 11 is 6.02. The second-order valence-corrected chi connectivity index (χ2v) is 4.19. The molecule has 0 bridgehead atoms. The molecule has 78 valence electrons. The minimum absolute atomic E-state index is 0.206. The number of rotatable bonds is 1. The number of hydrogen-bond donors (Lipinski definition) is 1. The predicted octanol–water partition coefficient (Wildman–Crippen LogP) is 1.02. The van der Waals surface area contributed by atoms with Crippen molar-refractivity contribution >= 4 is 17.2 Å². The van der Waals surface area contributed by atoms with Crippen LogP contribution in [0.2, 0.25) is 5.15 Å². The van der Waals surface area contributed by atoms with Crippen LogP contribution < -0.4 is 0 Å². The summed E-state index contributed by atoms with van der Waals surface area (Å²) in [5, 5.41) is 17.8. The topological polar surface area (TPSA) is 63.3 Å². The highest BCUT2D eigenvalue weighted by Gasteiger charge is 2.32. The van der Waals surface area contributed by atoms with E-state index in [-0.39, 0.29) is 12.0 Å². The van der Waals surface area contributed by atoms with E-state index in [1.807, 2.05) is 0 Å². The van der Waals surface area contributed by atoms with Crippen LogP contribution in [0.5, 0.6) is 0 Å². The molecule has 1 N–H and O–H groups in total. The lowest BCUT2D eigenvalue weighted by Gasteiger charge is -2.29. The summed E-state index contributed by atoms with van der Waals surface area (Å²) in [7, 11) is 0. The molecule has 1 aliphatic rings. The molecule has 0 spiro atoms. The quantitative estimate of drug-likeness (QED) is 0.786. The fourth-order valence-electron chi connectivity index (χ4n) is 1.90. The maximum atomic E-state index is 9.26. The van der Waals surface area contributed by atoms with Crippen molar-refractivity contribution in [2.75, 3.05) is 0 Å². The molecular formula is C9H9ClN4O. The first-order chi connectivity index (χ1) is 7.25. The molecule has 0 unspecified atom stereocenters. The van der Waals surface area contributed by atoms with Crippen LogP contribution in [-0.4, -0.2) is 30.8 Å². The van der Waals surface area contributed by atoms with Crippen LogP contribution >= 0.6 is 11.6 Å². The van der Waals surface area contributed by atoms with E-state index in [0.29, 0.717) is 10.8 Å². The lowest BCUT2D eigenvalue weighted by atomic mass is 9.82. The minimum atomic E-state index is -0.206. The standard InChI is InChI=1S/C9H9ClN4O/c10-7-3-11-4-8-12-13-9(14(7)8)5-1-6(15)2-5/h3-6,15H,1-2H2. The third kappa shape index (κ3) is 1.31. The highest BCUT2D eigenvalue weighted by molar-refractivity contribution is 6.29. The molecule has 0 aliphatic heterocycles. The summed E-state index contributed by atoms with van der Waals surface area (Å²) in [6, 6.07) is 0. The Bertz CT molecular complexity index is 506. The van der Waals surface area contributed by atoms with Gasteiger partial charge in [-0.25, -0.2) is 0 Å². The fourth-order valence-corrected chi connectivity index (χ4v) is 2.13. The van der Waals surface area contributed by atoms with E-state index in [2.05, 4.69) is 15.2 Å². The van der Waals surface area contributed by atoms with E-state index in [9.17, 15) is 5.11 Å². The molecule has 0 aromatic carbocycles. The lowest BCUT2D eigenvalue weighted by Crippen LogP contribution is -2.28. The summed E-state index contributed by atoms with van der Waals surface area (Å²) in [5.74, 6) is 1.08. The normalized spacial score (nSPS) is 25.5. The van der Waals surface area contributed by atoms with Gasteiger partial charge in [-0.05, 0) is 12.8 Å². The third-order valence-electron chi connectivity index (χ3n) is 2.78. The molecule has 2 heterocycles. The van der Waals surface area contributed by atoms with Gasteiger partial charge in [0, 0.05) is 5.92 Å². The van der Waals surface area contributed by atoms with Crippen molar-refractivity contribution < 1.29 is 5.11 Å². The summed E-state index contributed by atoms with van der Waals surface area (Å²) < 4.78 is 1.78. The van der Waals surface area contributed by atoms with E-state index in [0.717, 1.165) is 18.7 Å². The Morgan fingerprint density at radius 3 is 2.87 bits per heavy atom. The largest absolute Gasteiger partial charge is 0.393 e. The first kappa shape index (κ1) is 9.06. The minimum Gasteiger partial charge on any atom is -0.393 e. The molecule has 6 heteroatoms. The van der Waals surface area contributed by atoms with Crippen molar-refractivity contribution in [1.82, 2.24) is 19.6 Å². The van der Waals surface area contributed by atoms with Gasteiger partial charge in [0.2, 0.25) is 0 Å². The van der Waals surface area contributed by atoms with Crippen LogP contribution in [-0.2, 0) is 0 Å². The molecule has 5 nitrogen and oxygen atoms in total. The molecule has 1 aliphatic carbocycles. The van der Waals surface area contributed by atoms with Crippen molar-refractivity contribution in [3.05, 3.63) is 23.4 Å². The van der Waals surface area contributed by atoms with E-state index in [1.165, 1.54) is 0 Å². The number of aliphatic hydroxyl groups is 1. The average molecular weight is 225 g/mol. The third-order valence-corrected chi connectivity index (χ3v) is 3.04. The van der Waals surface area contributed by atoms with Gasteiger partial charge in [-0.3, -0.25) is 9.38 Å². The molecule has 0 saturated heterocycles. The summed E-state index contributed by atoms with van der Waals surface area (Å²) in [6.07, 6.45) is 4.45. The Labute approximate surface area is 90.7 Å². The van der Waals surface area contributed by atoms with Crippen molar-refractivity contribution in [3.8, 4) is 0 Å². The van der Waals surface area contributed by atoms with Crippen molar-refractivity contribution in [2.45, 2.75) is 24.9 Å².